The molecule has 1 unspecified atom stereocenters. The van der Waals surface area contributed by atoms with Crippen LogP contribution in [0.25, 0.3) is 5.65 Å². The van der Waals surface area contributed by atoms with Crippen LogP contribution in [-0.2, 0) is 10.2 Å². The van der Waals surface area contributed by atoms with E-state index < -0.39 is 11.6 Å². The highest BCUT2D eigenvalue weighted by Gasteiger charge is 2.60. The van der Waals surface area contributed by atoms with Crippen LogP contribution in [0.4, 0.5) is 21.8 Å². The lowest BCUT2D eigenvalue weighted by Gasteiger charge is -2.20. The second-order valence-corrected chi connectivity index (χ2v) is 7.76. The van der Waals surface area contributed by atoms with Gasteiger partial charge in [-0.05, 0) is 38.3 Å². The molecule has 5 rings (SSSR count). The fourth-order valence-corrected chi connectivity index (χ4v) is 3.89. The van der Waals surface area contributed by atoms with Gasteiger partial charge in [0, 0.05) is 23.9 Å². The van der Waals surface area contributed by atoms with E-state index in [4.69, 9.17) is 0 Å². The number of carbonyl (C=O) groups is 1. The molecule has 3 aromatic heterocycles. The summed E-state index contributed by atoms with van der Waals surface area (Å²) in [7, 11) is 0. The van der Waals surface area contributed by atoms with Crippen molar-refractivity contribution in [3.05, 3.63) is 48.2 Å². The van der Waals surface area contributed by atoms with E-state index in [9.17, 15) is 9.18 Å². The maximum Gasteiger partial charge on any atom is 0.243 e. The summed E-state index contributed by atoms with van der Waals surface area (Å²) in [6.45, 7) is 7.34. The number of rotatable bonds is 5. The predicted molar refractivity (Wildman–Crippen MR) is 106 cm³/mol. The third-order valence-corrected chi connectivity index (χ3v) is 5.56. The van der Waals surface area contributed by atoms with E-state index in [2.05, 4.69) is 31.9 Å². The van der Waals surface area contributed by atoms with Gasteiger partial charge in [0.1, 0.15) is 18.3 Å². The Bertz CT molecular complexity index is 1160. The van der Waals surface area contributed by atoms with Gasteiger partial charge in [-0.2, -0.15) is 10.1 Å². The molecular weight excluding hydrogens is 373 g/mol. The van der Waals surface area contributed by atoms with E-state index in [1.165, 1.54) is 18.2 Å². The zero-order valence-electron chi connectivity index (χ0n) is 16.2. The molecule has 29 heavy (non-hydrogen) atoms. The number of amides is 1. The summed E-state index contributed by atoms with van der Waals surface area (Å²) in [6, 6.07) is 1.90. The van der Waals surface area contributed by atoms with Crippen molar-refractivity contribution in [2.75, 3.05) is 10.2 Å². The highest BCUT2D eigenvalue weighted by Crippen LogP contribution is 2.57. The lowest BCUT2D eigenvalue weighted by Crippen LogP contribution is -2.32. The average Bonchev–Trinajstić information content (AvgIpc) is 3.28. The Kier molecular flexibility index (Phi) is 3.71. The Morgan fingerprint density at radius 1 is 1.41 bits per heavy atom. The topological polar surface area (TPSA) is 88.3 Å². The molecule has 1 atom stereocenters. The van der Waals surface area contributed by atoms with Gasteiger partial charge in [-0.15, -0.1) is 0 Å². The van der Waals surface area contributed by atoms with Gasteiger partial charge < -0.3 is 5.32 Å². The Balaban J connectivity index is 1.52. The maximum absolute atomic E-state index is 13.6. The molecule has 3 aromatic rings. The Labute approximate surface area is 166 Å². The van der Waals surface area contributed by atoms with Gasteiger partial charge in [-0.3, -0.25) is 9.69 Å². The number of nitrogens with one attached hydrogen (secondary N) is 1. The molecule has 0 saturated heterocycles. The number of carbonyl (C=O) groups excluding carboxylic acids is 1. The number of alkyl halides is 1. The van der Waals surface area contributed by atoms with Crippen molar-refractivity contribution in [1.29, 1.82) is 0 Å². The van der Waals surface area contributed by atoms with E-state index in [1.807, 2.05) is 19.2 Å². The Morgan fingerprint density at radius 3 is 2.93 bits per heavy atom. The van der Waals surface area contributed by atoms with Crippen LogP contribution < -0.4 is 10.2 Å². The number of fused-ring (bicyclic) bond motifs is 3. The van der Waals surface area contributed by atoms with Crippen LogP contribution in [0.15, 0.2) is 37.1 Å². The minimum atomic E-state index is -1.09. The number of aromatic nitrogens is 5. The van der Waals surface area contributed by atoms with E-state index in [0.29, 0.717) is 17.5 Å². The number of aryl methyl sites for hydroxylation is 1. The van der Waals surface area contributed by atoms with E-state index in [-0.39, 0.29) is 12.3 Å². The lowest BCUT2D eigenvalue weighted by atomic mass is 10.0. The molecule has 1 aliphatic carbocycles. The van der Waals surface area contributed by atoms with Gasteiger partial charge in [0.15, 0.2) is 5.65 Å². The number of hydrogen-bond acceptors (Lipinski definition) is 6. The fourth-order valence-electron chi connectivity index (χ4n) is 3.89. The first-order valence-electron chi connectivity index (χ1n) is 9.50. The first kappa shape index (κ1) is 17.7. The third-order valence-electron chi connectivity index (χ3n) is 5.56. The van der Waals surface area contributed by atoms with Crippen LogP contribution in [0.3, 0.4) is 0 Å². The molecule has 1 amide bonds. The van der Waals surface area contributed by atoms with Crippen LogP contribution in [0.1, 0.15) is 37.3 Å². The number of pyridine rings is 1. The summed E-state index contributed by atoms with van der Waals surface area (Å²) < 4.78 is 15.2. The summed E-state index contributed by atoms with van der Waals surface area (Å²) in [6.07, 6.45) is 5.49. The van der Waals surface area contributed by atoms with Crippen molar-refractivity contribution in [3.63, 3.8) is 0 Å². The van der Waals surface area contributed by atoms with E-state index in [1.54, 1.807) is 10.7 Å². The smallest absolute Gasteiger partial charge is 0.243 e. The molecule has 0 radical (unpaired) electrons. The van der Waals surface area contributed by atoms with Gasteiger partial charge in [0.2, 0.25) is 11.9 Å². The average molecular weight is 393 g/mol. The minimum Gasteiger partial charge on any atom is -0.323 e. The molecule has 0 bridgehead atoms. The molecule has 8 nitrogen and oxygen atoms in total. The van der Waals surface area contributed by atoms with E-state index >= 15 is 0 Å². The molecule has 1 aliphatic heterocycles. The number of halogens is 1. The maximum atomic E-state index is 13.6. The summed E-state index contributed by atoms with van der Waals surface area (Å²) in [5.41, 5.74) is 3.12. The summed E-state index contributed by atoms with van der Waals surface area (Å²) in [4.78, 5) is 27.7. The van der Waals surface area contributed by atoms with Gasteiger partial charge in [-0.25, -0.2) is 18.9 Å². The second kappa shape index (κ2) is 6.07. The van der Waals surface area contributed by atoms with Crippen LogP contribution in [0.2, 0.25) is 0 Å². The largest absolute Gasteiger partial charge is 0.323 e. The van der Waals surface area contributed by atoms with Gasteiger partial charge in [0.05, 0.1) is 17.3 Å². The lowest BCUT2D eigenvalue weighted by molar-refractivity contribution is -0.119. The third kappa shape index (κ3) is 2.68. The number of nitrogens with zero attached hydrogens (tertiary/aromatic N) is 6. The second-order valence-electron chi connectivity index (χ2n) is 7.76. The molecule has 1 fully saturated rings. The van der Waals surface area contributed by atoms with Gasteiger partial charge in [-0.1, -0.05) is 6.58 Å². The summed E-state index contributed by atoms with van der Waals surface area (Å²) in [5.74, 6) is 0.767. The molecule has 1 spiro atoms. The van der Waals surface area contributed by atoms with Crippen molar-refractivity contribution in [2.45, 2.75) is 44.7 Å². The first-order chi connectivity index (χ1) is 13.9. The zero-order valence-corrected chi connectivity index (χ0v) is 16.2. The predicted octanol–water partition coefficient (Wildman–Crippen LogP) is 3.21. The molecule has 1 N–H and O–H groups in total. The van der Waals surface area contributed by atoms with Crippen molar-refractivity contribution < 1.29 is 9.18 Å². The van der Waals surface area contributed by atoms with Crippen molar-refractivity contribution >= 4 is 29.0 Å². The fraction of sp³-hybridized carbons (Fsp3) is 0.350. The molecule has 2 aliphatic rings. The minimum absolute atomic E-state index is 0.0789. The standard InChI is InChI=1S/C20H20FN7O/c1-11-6-16-23-10-24-27(16)9-15(11)25-19-22-8-14-17(26-19)28(13(3)7-12(2)21)18(29)20(14)4-5-20/h6,8-10,12H,3-5,7H2,1-2H3,(H,22,25,26). The molecule has 148 valence electrons. The molecule has 0 aromatic carbocycles. The number of anilines is 3. The molecule has 4 heterocycles. The van der Waals surface area contributed by atoms with Crippen LogP contribution in [-0.4, -0.2) is 36.6 Å². The van der Waals surface area contributed by atoms with Crippen LogP contribution in [0.5, 0.6) is 0 Å². The summed E-state index contributed by atoms with van der Waals surface area (Å²) >= 11 is 0. The Morgan fingerprint density at radius 2 is 2.21 bits per heavy atom. The van der Waals surface area contributed by atoms with Crippen molar-refractivity contribution in [2.24, 2.45) is 0 Å². The van der Waals surface area contributed by atoms with Crippen LogP contribution in [0, 0.1) is 6.92 Å². The molecule has 9 heteroatoms. The molecular formula is C20H20FN7O. The normalized spacial score (nSPS) is 17.6. The Hall–Kier alpha value is -3.36. The van der Waals surface area contributed by atoms with Crippen LogP contribution >= 0.6 is 0 Å². The van der Waals surface area contributed by atoms with Crippen molar-refractivity contribution in [1.82, 2.24) is 24.6 Å². The SMILES string of the molecule is C=C(CC(C)F)N1C(=O)C2(CC2)c2cnc(Nc3cn4ncnc4cc3C)nc21. The number of hydrogen-bond donors (Lipinski definition) is 1. The highest BCUT2D eigenvalue weighted by atomic mass is 19.1. The molecule has 1 saturated carbocycles. The highest BCUT2D eigenvalue weighted by molar-refractivity contribution is 6.11. The zero-order chi connectivity index (χ0) is 20.3. The monoisotopic (exact) mass is 393 g/mol. The summed E-state index contributed by atoms with van der Waals surface area (Å²) in [5, 5.41) is 7.34. The van der Waals surface area contributed by atoms with Crippen molar-refractivity contribution in [3.8, 4) is 0 Å². The van der Waals surface area contributed by atoms with E-state index in [0.717, 1.165) is 35.3 Å². The quantitative estimate of drug-likeness (QED) is 0.716. The first-order valence-corrected chi connectivity index (χ1v) is 9.50. The number of allylic oxidation sites excluding steroid dienone is 1. The van der Waals surface area contributed by atoms with Gasteiger partial charge in [0.25, 0.3) is 0 Å². The van der Waals surface area contributed by atoms with Gasteiger partial charge >= 0.3 is 0 Å².